The van der Waals surface area contributed by atoms with Crippen molar-refractivity contribution in [1.82, 2.24) is 19.5 Å². The van der Waals surface area contributed by atoms with Gasteiger partial charge in [0.05, 0.1) is 6.54 Å². The summed E-state index contributed by atoms with van der Waals surface area (Å²) >= 11 is 0. The number of nitrogens with one attached hydrogen (secondary N) is 1. The SMILES string of the molecule is CN1CCN(c2ccc(Nc3nc4c(-c5ccc(P(C)(C)=O)cc5)cccn4n3)cc2)C(=O)C1. The van der Waals surface area contributed by atoms with Gasteiger partial charge in [-0.25, -0.2) is 4.52 Å². The lowest BCUT2D eigenvalue weighted by atomic mass is 10.1. The van der Waals surface area contributed by atoms with Crippen LogP contribution in [-0.2, 0) is 9.36 Å². The highest BCUT2D eigenvalue weighted by molar-refractivity contribution is 7.70. The van der Waals surface area contributed by atoms with Gasteiger partial charge in [0.2, 0.25) is 11.9 Å². The van der Waals surface area contributed by atoms with E-state index in [0.29, 0.717) is 19.0 Å². The first-order chi connectivity index (χ1) is 16.3. The van der Waals surface area contributed by atoms with Crippen molar-refractivity contribution in [3.05, 3.63) is 66.9 Å². The first kappa shape index (κ1) is 22.3. The minimum Gasteiger partial charge on any atom is -0.323 e. The number of benzene rings is 2. The molecule has 34 heavy (non-hydrogen) atoms. The number of amides is 1. The van der Waals surface area contributed by atoms with E-state index in [1.54, 1.807) is 17.8 Å². The van der Waals surface area contributed by atoms with Crippen LogP contribution in [0, 0.1) is 0 Å². The molecule has 0 atom stereocenters. The predicted molar refractivity (Wildman–Crippen MR) is 137 cm³/mol. The molecule has 1 fully saturated rings. The van der Waals surface area contributed by atoms with Gasteiger partial charge in [-0.3, -0.25) is 9.69 Å². The summed E-state index contributed by atoms with van der Waals surface area (Å²) < 4.78 is 14.1. The van der Waals surface area contributed by atoms with Crippen LogP contribution in [0.4, 0.5) is 17.3 Å². The zero-order valence-corrected chi connectivity index (χ0v) is 20.4. The van der Waals surface area contributed by atoms with Gasteiger partial charge in [-0.05, 0) is 62.3 Å². The van der Waals surface area contributed by atoms with Crippen LogP contribution in [0.25, 0.3) is 16.8 Å². The summed E-state index contributed by atoms with van der Waals surface area (Å²) in [4.78, 5) is 20.9. The van der Waals surface area contributed by atoms with E-state index < -0.39 is 7.14 Å². The van der Waals surface area contributed by atoms with E-state index in [-0.39, 0.29) is 5.91 Å². The molecule has 0 bridgehead atoms. The fourth-order valence-electron chi connectivity index (χ4n) is 4.10. The average molecular weight is 475 g/mol. The van der Waals surface area contributed by atoms with Crippen LogP contribution in [-0.4, -0.2) is 65.4 Å². The van der Waals surface area contributed by atoms with E-state index in [0.717, 1.165) is 40.0 Å². The van der Waals surface area contributed by atoms with Crippen molar-refractivity contribution in [3.63, 3.8) is 0 Å². The van der Waals surface area contributed by atoms with Crippen molar-refractivity contribution in [1.29, 1.82) is 0 Å². The van der Waals surface area contributed by atoms with Gasteiger partial charge in [0.15, 0.2) is 5.65 Å². The van der Waals surface area contributed by atoms with Gasteiger partial charge >= 0.3 is 0 Å². The molecule has 1 aliphatic rings. The normalized spacial score (nSPS) is 15.1. The Morgan fingerprint density at radius 2 is 1.71 bits per heavy atom. The number of nitrogens with zero attached hydrogens (tertiary/aromatic N) is 5. The standard InChI is InChI=1S/C25H27N6O2P/c1-29-15-16-30(23(32)17-29)20-10-8-19(9-11-20)26-25-27-24-22(5-4-14-31(24)28-25)18-6-12-21(13-7-18)34(2,3)33/h4-14H,15-17H2,1-3H3,(H,26,28). The highest BCUT2D eigenvalue weighted by Crippen LogP contribution is 2.35. The van der Waals surface area contributed by atoms with E-state index >= 15 is 0 Å². The van der Waals surface area contributed by atoms with Crippen molar-refractivity contribution < 1.29 is 9.36 Å². The third kappa shape index (κ3) is 4.47. The third-order valence-electron chi connectivity index (χ3n) is 6.01. The molecule has 1 saturated heterocycles. The summed E-state index contributed by atoms with van der Waals surface area (Å²) in [5.41, 5.74) is 4.40. The van der Waals surface area contributed by atoms with E-state index in [2.05, 4.69) is 10.4 Å². The second-order valence-electron chi connectivity index (χ2n) is 8.98. The van der Waals surface area contributed by atoms with Crippen LogP contribution in [0.5, 0.6) is 0 Å². The number of piperazine rings is 1. The maximum absolute atomic E-state index is 12.3. The van der Waals surface area contributed by atoms with Crippen LogP contribution < -0.4 is 15.5 Å². The molecule has 0 unspecified atom stereocenters. The fraction of sp³-hybridized carbons (Fsp3) is 0.240. The monoisotopic (exact) mass is 474 g/mol. The molecule has 1 amide bonds. The average Bonchev–Trinajstić information content (AvgIpc) is 3.22. The minimum absolute atomic E-state index is 0.109. The van der Waals surface area contributed by atoms with E-state index in [1.165, 1.54) is 0 Å². The molecule has 3 heterocycles. The van der Waals surface area contributed by atoms with Gasteiger partial charge in [0.1, 0.15) is 7.14 Å². The molecular formula is C25H27N6O2P. The van der Waals surface area contributed by atoms with E-state index in [1.807, 2.05) is 83.7 Å². The molecular weight excluding hydrogens is 447 g/mol. The zero-order valence-electron chi connectivity index (χ0n) is 19.5. The second kappa shape index (κ2) is 8.70. The molecule has 4 aromatic rings. The molecule has 1 aliphatic heterocycles. The lowest BCUT2D eigenvalue weighted by molar-refractivity contribution is -0.120. The van der Waals surface area contributed by atoms with E-state index in [9.17, 15) is 9.36 Å². The Morgan fingerprint density at radius 1 is 0.971 bits per heavy atom. The summed E-state index contributed by atoms with van der Waals surface area (Å²) in [5, 5.41) is 8.68. The summed E-state index contributed by atoms with van der Waals surface area (Å²) in [6, 6.07) is 19.5. The van der Waals surface area contributed by atoms with Gasteiger partial charge < -0.3 is 14.8 Å². The maximum Gasteiger partial charge on any atom is 0.247 e. The highest BCUT2D eigenvalue weighted by Gasteiger charge is 2.22. The van der Waals surface area contributed by atoms with Crippen molar-refractivity contribution in [2.45, 2.75) is 0 Å². The third-order valence-corrected chi connectivity index (χ3v) is 7.55. The number of anilines is 3. The fourth-order valence-corrected chi connectivity index (χ4v) is 4.97. The van der Waals surface area contributed by atoms with Crippen molar-refractivity contribution >= 4 is 41.3 Å². The summed E-state index contributed by atoms with van der Waals surface area (Å²) in [7, 11) is -0.341. The molecule has 0 radical (unpaired) electrons. The largest absolute Gasteiger partial charge is 0.323 e. The van der Waals surface area contributed by atoms with Crippen LogP contribution in [0.15, 0.2) is 66.9 Å². The van der Waals surface area contributed by atoms with Crippen LogP contribution in [0.3, 0.4) is 0 Å². The Labute approximate surface area is 198 Å². The topological polar surface area (TPSA) is 82.8 Å². The highest BCUT2D eigenvalue weighted by atomic mass is 31.2. The summed E-state index contributed by atoms with van der Waals surface area (Å²) in [6.45, 7) is 5.53. The Bertz CT molecular complexity index is 1390. The minimum atomic E-state index is -2.30. The molecule has 0 aliphatic carbocycles. The lowest BCUT2D eigenvalue weighted by Crippen LogP contribution is -2.48. The zero-order chi connectivity index (χ0) is 23.9. The first-order valence-electron chi connectivity index (χ1n) is 11.2. The summed E-state index contributed by atoms with van der Waals surface area (Å²) in [6.07, 6.45) is 1.86. The molecule has 2 aromatic heterocycles. The maximum atomic E-state index is 12.3. The number of pyridine rings is 1. The molecule has 0 spiro atoms. The van der Waals surface area contributed by atoms with Crippen molar-refractivity contribution in [2.75, 3.05) is 50.2 Å². The Morgan fingerprint density at radius 3 is 2.38 bits per heavy atom. The Kier molecular flexibility index (Phi) is 5.71. The van der Waals surface area contributed by atoms with Gasteiger partial charge in [-0.15, -0.1) is 5.10 Å². The molecule has 5 rings (SSSR count). The van der Waals surface area contributed by atoms with Crippen LogP contribution in [0.1, 0.15) is 0 Å². The van der Waals surface area contributed by atoms with E-state index in [4.69, 9.17) is 4.98 Å². The Hall–Kier alpha value is -3.48. The number of aromatic nitrogens is 3. The molecule has 1 N–H and O–H groups in total. The molecule has 0 saturated carbocycles. The van der Waals surface area contributed by atoms with Gasteiger partial charge in [0.25, 0.3) is 0 Å². The molecule has 174 valence electrons. The first-order valence-corrected chi connectivity index (χ1v) is 13.8. The van der Waals surface area contributed by atoms with Crippen molar-refractivity contribution in [2.24, 2.45) is 0 Å². The molecule has 8 nitrogen and oxygen atoms in total. The number of likely N-dealkylation sites (N-methyl/N-ethyl adjacent to an activating group) is 1. The van der Waals surface area contributed by atoms with Crippen LogP contribution >= 0.6 is 7.14 Å². The second-order valence-corrected chi connectivity index (χ2v) is 12.2. The van der Waals surface area contributed by atoms with Crippen LogP contribution in [0.2, 0.25) is 0 Å². The smallest absolute Gasteiger partial charge is 0.247 e. The number of carbonyl (C=O) groups excluding carboxylic acids is 1. The van der Waals surface area contributed by atoms with Gasteiger partial charge in [-0.2, -0.15) is 4.98 Å². The number of rotatable bonds is 5. The number of hydrogen-bond donors (Lipinski definition) is 1. The quantitative estimate of drug-likeness (QED) is 0.445. The predicted octanol–water partition coefficient (Wildman–Crippen LogP) is 3.67. The number of carbonyl (C=O) groups is 1. The van der Waals surface area contributed by atoms with Gasteiger partial charge in [-0.1, -0.05) is 24.3 Å². The molecule has 9 heteroatoms. The summed E-state index contributed by atoms with van der Waals surface area (Å²) in [5.74, 6) is 0.594. The Balaban J connectivity index is 1.37. The number of fused-ring (bicyclic) bond motifs is 1. The number of hydrogen-bond acceptors (Lipinski definition) is 6. The lowest BCUT2D eigenvalue weighted by Gasteiger charge is -2.32. The molecule has 2 aromatic carbocycles. The van der Waals surface area contributed by atoms with Crippen molar-refractivity contribution in [3.8, 4) is 11.1 Å². The van der Waals surface area contributed by atoms with Gasteiger partial charge in [0, 0.05) is 41.5 Å².